The van der Waals surface area contributed by atoms with Crippen molar-refractivity contribution < 1.29 is 0 Å². The maximum atomic E-state index is 4.57. The van der Waals surface area contributed by atoms with Gasteiger partial charge in [-0.05, 0) is 34.3 Å². The topological polar surface area (TPSA) is 42.7 Å². The molecule has 0 aromatic carbocycles. The van der Waals surface area contributed by atoms with E-state index < -0.39 is 0 Å². The first-order chi connectivity index (χ1) is 7.63. The van der Waals surface area contributed by atoms with E-state index in [1.165, 1.54) is 0 Å². The van der Waals surface area contributed by atoms with Crippen LogP contribution < -0.4 is 5.32 Å². The van der Waals surface area contributed by atoms with Crippen molar-refractivity contribution in [3.05, 3.63) is 16.0 Å². The third kappa shape index (κ3) is 2.15. The summed E-state index contributed by atoms with van der Waals surface area (Å²) in [5.74, 6) is 0.904. The van der Waals surface area contributed by atoms with E-state index >= 15 is 0 Å². The first kappa shape index (κ1) is 12.0. The van der Waals surface area contributed by atoms with Crippen molar-refractivity contribution in [1.29, 1.82) is 0 Å². The molecule has 2 aromatic rings. The van der Waals surface area contributed by atoms with E-state index in [1.807, 2.05) is 19.3 Å². The molecule has 1 atom stereocenters. The van der Waals surface area contributed by atoms with Crippen molar-refractivity contribution in [3.8, 4) is 0 Å². The summed E-state index contributed by atoms with van der Waals surface area (Å²) >= 11 is 2.27. The number of fused-ring (bicyclic) bond motifs is 1. The van der Waals surface area contributed by atoms with Gasteiger partial charge in [-0.25, -0.2) is 9.44 Å². The predicted molar refractivity (Wildman–Crippen MR) is 78.6 cm³/mol. The minimum Gasteiger partial charge on any atom is -0.373 e. The van der Waals surface area contributed by atoms with E-state index in [9.17, 15) is 0 Å². The van der Waals surface area contributed by atoms with Gasteiger partial charge in [0.1, 0.15) is 9.52 Å². The standard InChI is InChI=1S/C10H14IN4P/c1-6(2)16-15-7-4-5-13-10(12-3)8(7)9(11)14-15/h4-6,16H,1-3H3,(H,12,13). The van der Waals surface area contributed by atoms with Crippen molar-refractivity contribution in [2.75, 3.05) is 12.4 Å². The SMILES string of the molecule is CNc1nccc2c1c(I)nn2PC(C)C. The third-order valence-electron chi connectivity index (χ3n) is 2.17. The molecule has 0 aliphatic heterocycles. The van der Waals surface area contributed by atoms with Crippen LogP contribution in [-0.2, 0) is 0 Å². The minimum absolute atomic E-state index is 0.616. The van der Waals surface area contributed by atoms with Gasteiger partial charge in [-0.3, -0.25) is 0 Å². The second kappa shape index (κ2) is 4.84. The summed E-state index contributed by atoms with van der Waals surface area (Å²) in [7, 11) is 2.57. The van der Waals surface area contributed by atoms with Crippen molar-refractivity contribution in [1.82, 2.24) is 14.5 Å². The molecule has 0 bridgehead atoms. The largest absolute Gasteiger partial charge is 0.373 e. The molecule has 2 heterocycles. The zero-order valence-electron chi connectivity index (χ0n) is 9.45. The molecule has 0 aliphatic rings. The fourth-order valence-electron chi connectivity index (χ4n) is 1.56. The molecule has 4 nitrogen and oxygen atoms in total. The summed E-state index contributed by atoms with van der Waals surface area (Å²) in [4.78, 5) is 4.31. The molecule has 0 saturated heterocycles. The van der Waals surface area contributed by atoms with E-state index in [1.54, 1.807) is 0 Å². The summed E-state index contributed by atoms with van der Waals surface area (Å²) < 4.78 is 3.10. The van der Waals surface area contributed by atoms with Crippen LogP contribution in [0.1, 0.15) is 13.8 Å². The molecular formula is C10H14IN4P. The molecule has 0 amide bonds. The Balaban J connectivity index is 2.62. The lowest BCUT2D eigenvalue weighted by atomic mass is 10.3. The Kier molecular flexibility index (Phi) is 3.64. The number of pyridine rings is 1. The molecule has 0 aliphatic carbocycles. The van der Waals surface area contributed by atoms with Crippen LogP contribution in [0, 0.1) is 3.70 Å². The molecule has 0 fully saturated rings. The number of hydrogen-bond donors (Lipinski definition) is 1. The highest BCUT2D eigenvalue weighted by atomic mass is 127. The highest BCUT2D eigenvalue weighted by Crippen LogP contribution is 2.32. The van der Waals surface area contributed by atoms with Crippen molar-refractivity contribution in [3.63, 3.8) is 0 Å². The second-order valence-corrected chi connectivity index (χ2v) is 6.65. The van der Waals surface area contributed by atoms with Crippen LogP contribution in [0.2, 0.25) is 0 Å². The van der Waals surface area contributed by atoms with Crippen LogP contribution in [-0.4, -0.2) is 27.2 Å². The molecule has 0 radical (unpaired) electrons. The van der Waals surface area contributed by atoms with Gasteiger partial charge < -0.3 is 5.32 Å². The Morgan fingerprint density at radius 2 is 2.25 bits per heavy atom. The summed E-state index contributed by atoms with van der Waals surface area (Å²) in [6.45, 7) is 4.41. The van der Waals surface area contributed by atoms with Crippen LogP contribution in [0.4, 0.5) is 5.82 Å². The van der Waals surface area contributed by atoms with Gasteiger partial charge >= 0.3 is 0 Å². The van der Waals surface area contributed by atoms with Crippen molar-refractivity contribution >= 4 is 48.0 Å². The van der Waals surface area contributed by atoms with Gasteiger partial charge in [-0.2, -0.15) is 5.10 Å². The zero-order valence-corrected chi connectivity index (χ0v) is 12.6. The summed E-state index contributed by atoms with van der Waals surface area (Å²) in [5.41, 5.74) is 1.78. The average molecular weight is 348 g/mol. The summed E-state index contributed by atoms with van der Waals surface area (Å²) in [6, 6.07) is 2.03. The number of rotatable bonds is 3. The number of hydrogen-bond acceptors (Lipinski definition) is 3. The number of anilines is 1. The highest BCUT2D eigenvalue weighted by Gasteiger charge is 2.13. The lowest BCUT2D eigenvalue weighted by molar-refractivity contribution is 0.975. The Hall–Kier alpha value is -0.420. The zero-order chi connectivity index (χ0) is 11.7. The predicted octanol–water partition coefficient (Wildman–Crippen LogP) is 2.93. The lowest BCUT2D eigenvalue weighted by Crippen LogP contribution is -1.95. The number of aromatic nitrogens is 3. The van der Waals surface area contributed by atoms with Crippen LogP contribution >= 0.6 is 31.3 Å². The van der Waals surface area contributed by atoms with Gasteiger partial charge in [0.2, 0.25) is 0 Å². The van der Waals surface area contributed by atoms with Gasteiger partial charge in [-0.15, -0.1) is 0 Å². The lowest BCUT2D eigenvalue weighted by Gasteiger charge is -2.06. The number of nitrogens with zero attached hydrogens (tertiary/aromatic N) is 3. The molecule has 16 heavy (non-hydrogen) atoms. The van der Waals surface area contributed by atoms with Crippen LogP contribution in [0.25, 0.3) is 10.9 Å². The van der Waals surface area contributed by atoms with Crippen molar-refractivity contribution in [2.45, 2.75) is 19.5 Å². The molecule has 0 saturated carbocycles. The Morgan fingerprint density at radius 3 is 2.88 bits per heavy atom. The smallest absolute Gasteiger partial charge is 0.137 e. The Labute approximate surface area is 110 Å². The van der Waals surface area contributed by atoms with Crippen molar-refractivity contribution in [2.24, 2.45) is 0 Å². The van der Waals surface area contributed by atoms with Crippen LogP contribution in [0.15, 0.2) is 12.3 Å². The van der Waals surface area contributed by atoms with Crippen LogP contribution in [0.3, 0.4) is 0 Å². The minimum atomic E-state index is 0.616. The monoisotopic (exact) mass is 348 g/mol. The Bertz CT molecular complexity index is 509. The quantitative estimate of drug-likeness (QED) is 0.685. The van der Waals surface area contributed by atoms with E-state index in [0.29, 0.717) is 14.4 Å². The second-order valence-electron chi connectivity index (χ2n) is 3.79. The van der Waals surface area contributed by atoms with E-state index in [2.05, 4.69) is 56.3 Å². The summed E-state index contributed by atoms with van der Waals surface area (Å²) in [5, 5.41) is 8.81. The molecule has 86 valence electrons. The van der Waals surface area contributed by atoms with Gasteiger partial charge in [0, 0.05) is 22.0 Å². The highest BCUT2D eigenvalue weighted by molar-refractivity contribution is 14.1. The maximum absolute atomic E-state index is 4.57. The molecule has 0 spiro atoms. The first-order valence-corrected chi connectivity index (χ1v) is 7.21. The molecule has 2 aromatic heterocycles. The van der Waals surface area contributed by atoms with E-state index in [0.717, 1.165) is 20.4 Å². The maximum Gasteiger partial charge on any atom is 0.137 e. The molecular weight excluding hydrogens is 334 g/mol. The van der Waals surface area contributed by atoms with E-state index in [-0.39, 0.29) is 0 Å². The molecule has 1 unspecified atom stereocenters. The molecule has 2 rings (SSSR count). The van der Waals surface area contributed by atoms with Crippen LogP contribution in [0.5, 0.6) is 0 Å². The third-order valence-corrected chi connectivity index (χ3v) is 4.03. The van der Waals surface area contributed by atoms with Gasteiger partial charge in [0.05, 0.1) is 10.9 Å². The fraction of sp³-hybridized carbons (Fsp3) is 0.400. The Morgan fingerprint density at radius 1 is 1.50 bits per heavy atom. The normalized spacial score (nSPS) is 12.1. The molecule has 6 heteroatoms. The van der Waals surface area contributed by atoms with Gasteiger partial charge in [-0.1, -0.05) is 13.8 Å². The average Bonchev–Trinajstić information content (AvgIpc) is 2.55. The fourth-order valence-corrected chi connectivity index (χ4v) is 3.48. The van der Waals surface area contributed by atoms with Gasteiger partial charge in [0.15, 0.2) is 0 Å². The molecule has 1 N–H and O–H groups in total. The first-order valence-electron chi connectivity index (χ1n) is 5.11. The van der Waals surface area contributed by atoms with Gasteiger partial charge in [0.25, 0.3) is 0 Å². The van der Waals surface area contributed by atoms with E-state index in [4.69, 9.17) is 0 Å². The number of halogens is 1. The summed E-state index contributed by atoms with van der Waals surface area (Å²) in [6.07, 6.45) is 1.83. The number of nitrogens with one attached hydrogen (secondary N) is 1.